The first-order valence-electron chi connectivity index (χ1n) is 9.50. The van der Waals surface area contributed by atoms with Crippen molar-refractivity contribution in [1.29, 1.82) is 0 Å². The van der Waals surface area contributed by atoms with Crippen LogP contribution in [0.2, 0.25) is 0 Å². The first-order chi connectivity index (χ1) is 13.1. The van der Waals surface area contributed by atoms with Crippen LogP contribution in [-0.2, 0) is 4.79 Å². The smallest absolute Gasteiger partial charge is 0.274 e. The van der Waals surface area contributed by atoms with Gasteiger partial charge in [0.25, 0.3) is 5.91 Å². The average Bonchev–Trinajstić information content (AvgIpc) is 3.26. The lowest BCUT2D eigenvalue weighted by atomic mass is 9.87. The Morgan fingerprint density at radius 1 is 1.15 bits per heavy atom. The van der Waals surface area contributed by atoms with Crippen LogP contribution < -0.4 is 0 Å². The van der Waals surface area contributed by atoms with Crippen molar-refractivity contribution in [3.63, 3.8) is 0 Å². The van der Waals surface area contributed by atoms with Gasteiger partial charge in [0.1, 0.15) is 5.69 Å². The molecular weight excluding hydrogens is 340 g/mol. The van der Waals surface area contributed by atoms with Gasteiger partial charge in [-0.2, -0.15) is 0 Å². The van der Waals surface area contributed by atoms with Crippen LogP contribution in [0, 0.1) is 18.8 Å². The molecule has 2 saturated heterocycles. The third-order valence-electron chi connectivity index (χ3n) is 5.86. The van der Waals surface area contributed by atoms with Crippen LogP contribution in [-0.4, -0.2) is 51.2 Å². The molecule has 0 bridgehead atoms. The van der Waals surface area contributed by atoms with Gasteiger partial charge in [-0.05, 0) is 18.1 Å². The van der Waals surface area contributed by atoms with E-state index in [4.69, 9.17) is 0 Å². The number of fused-ring (bicyclic) bond motifs is 1. The molecule has 2 fully saturated rings. The first-order valence-corrected chi connectivity index (χ1v) is 9.50. The van der Waals surface area contributed by atoms with Crippen molar-refractivity contribution in [3.05, 3.63) is 59.7 Å². The number of nitrogens with zero attached hydrogens (tertiary/aromatic N) is 4. The highest BCUT2D eigenvalue weighted by Gasteiger charge is 2.50. The van der Waals surface area contributed by atoms with Crippen molar-refractivity contribution in [2.45, 2.75) is 26.3 Å². The minimum atomic E-state index is -0.0746. The Morgan fingerprint density at radius 3 is 2.67 bits per heavy atom. The van der Waals surface area contributed by atoms with Crippen LogP contribution in [0.1, 0.15) is 41.0 Å². The summed E-state index contributed by atoms with van der Waals surface area (Å²) in [7, 11) is 0. The molecule has 4 rings (SSSR count). The summed E-state index contributed by atoms with van der Waals surface area (Å²) in [6.45, 7) is 6.02. The van der Waals surface area contributed by atoms with Crippen LogP contribution in [0.15, 0.2) is 42.9 Å². The van der Waals surface area contributed by atoms with E-state index in [-0.39, 0.29) is 23.8 Å². The van der Waals surface area contributed by atoms with E-state index in [1.165, 1.54) is 17.3 Å². The molecule has 0 saturated carbocycles. The third-order valence-corrected chi connectivity index (χ3v) is 5.86. The van der Waals surface area contributed by atoms with E-state index in [2.05, 4.69) is 29.0 Å². The molecule has 0 unspecified atom stereocenters. The number of hydrogen-bond acceptors (Lipinski definition) is 4. The van der Waals surface area contributed by atoms with E-state index in [0.29, 0.717) is 37.7 Å². The maximum atomic E-state index is 12.8. The molecule has 0 spiro atoms. The normalized spacial score (nSPS) is 24.1. The van der Waals surface area contributed by atoms with Gasteiger partial charge < -0.3 is 9.80 Å². The third kappa shape index (κ3) is 3.09. The van der Waals surface area contributed by atoms with E-state index < -0.39 is 0 Å². The van der Waals surface area contributed by atoms with E-state index >= 15 is 0 Å². The van der Waals surface area contributed by atoms with Crippen LogP contribution in [0.4, 0.5) is 0 Å². The molecule has 6 nitrogen and oxygen atoms in total. The van der Waals surface area contributed by atoms with Crippen molar-refractivity contribution in [1.82, 2.24) is 19.8 Å². The van der Waals surface area contributed by atoms with Crippen LogP contribution in [0.5, 0.6) is 0 Å². The van der Waals surface area contributed by atoms with E-state index in [0.717, 1.165) is 0 Å². The number of benzene rings is 1. The zero-order valence-corrected chi connectivity index (χ0v) is 15.7. The summed E-state index contributed by atoms with van der Waals surface area (Å²) in [5, 5.41) is 0. The highest BCUT2D eigenvalue weighted by Crippen LogP contribution is 2.46. The van der Waals surface area contributed by atoms with Gasteiger partial charge >= 0.3 is 0 Å². The molecule has 2 aliphatic heterocycles. The van der Waals surface area contributed by atoms with Gasteiger partial charge in [-0.25, -0.2) is 4.98 Å². The van der Waals surface area contributed by atoms with Gasteiger partial charge in [0, 0.05) is 50.3 Å². The van der Waals surface area contributed by atoms with Gasteiger partial charge in [-0.15, -0.1) is 0 Å². The molecule has 2 amide bonds. The van der Waals surface area contributed by atoms with E-state index in [1.807, 2.05) is 28.9 Å². The Morgan fingerprint density at radius 2 is 1.96 bits per heavy atom. The summed E-state index contributed by atoms with van der Waals surface area (Å²) in [5.41, 5.74) is 2.77. The Kier molecular flexibility index (Phi) is 4.64. The SMILES string of the molecule is CCC(=O)N1C[C@@H]2CN(C(=O)c3cnccn3)C[C@@H]2[C@H]1c1ccccc1C. The maximum Gasteiger partial charge on any atom is 0.274 e. The first kappa shape index (κ1) is 17.6. The fraction of sp³-hybridized carbons (Fsp3) is 0.429. The Balaban J connectivity index is 1.62. The molecule has 0 radical (unpaired) electrons. The van der Waals surface area contributed by atoms with Gasteiger partial charge in [0.2, 0.25) is 5.91 Å². The van der Waals surface area contributed by atoms with E-state index in [9.17, 15) is 9.59 Å². The van der Waals surface area contributed by atoms with Gasteiger partial charge in [-0.3, -0.25) is 14.6 Å². The monoisotopic (exact) mass is 364 g/mol. The molecule has 2 aliphatic rings. The summed E-state index contributed by atoms with van der Waals surface area (Å²) in [6, 6.07) is 8.29. The minimum absolute atomic E-state index is 0.0308. The molecule has 3 atom stereocenters. The van der Waals surface area contributed by atoms with E-state index in [1.54, 1.807) is 12.4 Å². The highest BCUT2D eigenvalue weighted by atomic mass is 16.2. The molecule has 2 aromatic rings. The average molecular weight is 364 g/mol. The molecule has 1 aromatic heterocycles. The lowest BCUT2D eigenvalue weighted by molar-refractivity contribution is -0.132. The number of carbonyl (C=O) groups excluding carboxylic acids is 2. The van der Waals surface area contributed by atoms with Crippen molar-refractivity contribution in [2.24, 2.45) is 11.8 Å². The Labute approximate surface area is 159 Å². The van der Waals surface area contributed by atoms with Crippen molar-refractivity contribution < 1.29 is 9.59 Å². The molecule has 3 heterocycles. The molecule has 140 valence electrons. The van der Waals surface area contributed by atoms with Crippen molar-refractivity contribution in [3.8, 4) is 0 Å². The van der Waals surface area contributed by atoms with Gasteiger partial charge in [0.05, 0.1) is 12.2 Å². The fourth-order valence-corrected chi connectivity index (χ4v) is 4.56. The predicted molar refractivity (Wildman–Crippen MR) is 101 cm³/mol. The largest absolute Gasteiger partial charge is 0.337 e. The standard InChI is InChI=1S/C21H24N4O2/c1-3-19(26)25-12-15-11-24(21(27)18-10-22-8-9-23-18)13-17(15)20(25)16-7-5-4-6-14(16)2/h4-10,15,17,20H,3,11-13H2,1-2H3/t15-,17-,20+/m0/s1. The van der Waals surface area contributed by atoms with Crippen molar-refractivity contribution >= 4 is 11.8 Å². The second-order valence-electron chi connectivity index (χ2n) is 7.43. The fourth-order valence-electron chi connectivity index (χ4n) is 4.56. The summed E-state index contributed by atoms with van der Waals surface area (Å²) in [4.78, 5) is 37.5. The number of hydrogen-bond donors (Lipinski definition) is 0. The lowest BCUT2D eigenvalue weighted by Gasteiger charge is -2.30. The second-order valence-corrected chi connectivity index (χ2v) is 7.43. The van der Waals surface area contributed by atoms with Gasteiger partial charge in [0.15, 0.2) is 0 Å². The second kappa shape index (κ2) is 7.10. The number of amides is 2. The highest BCUT2D eigenvalue weighted by molar-refractivity contribution is 5.92. The predicted octanol–water partition coefficient (Wildman–Crippen LogP) is 2.47. The summed E-state index contributed by atoms with van der Waals surface area (Å²) >= 11 is 0. The number of aryl methyl sites for hydroxylation is 1. The topological polar surface area (TPSA) is 66.4 Å². The van der Waals surface area contributed by atoms with Crippen molar-refractivity contribution in [2.75, 3.05) is 19.6 Å². The quantitative estimate of drug-likeness (QED) is 0.839. The molecule has 6 heteroatoms. The number of carbonyl (C=O) groups is 2. The minimum Gasteiger partial charge on any atom is -0.337 e. The lowest BCUT2D eigenvalue weighted by Crippen LogP contribution is -2.37. The molecular formula is C21H24N4O2. The Hall–Kier alpha value is -2.76. The van der Waals surface area contributed by atoms with Crippen LogP contribution >= 0.6 is 0 Å². The Bertz CT molecular complexity index is 854. The molecule has 0 N–H and O–H groups in total. The molecule has 1 aromatic carbocycles. The zero-order chi connectivity index (χ0) is 19.0. The summed E-state index contributed by atoms with van der Waals surface area (Å²) in [5.74, 6) is 0.659. The summed E-state index contributed by atoms with van der Waals surface area (Å²) < 4.78 is 0. The zero-order valence-electron chi connectivity index (χ0n) is 15.7. The van der Waals surface area contributed by atoms with Crippen LogP contribution in [0.25, 0.3) is 0 Å². The number of rotatable bonds is 3. The number of aromatic nitrogens is 2. The number of likely N-dealkylation sites (tertiary alicyclic amines) is 2. The van der Waals surface area contributed by atoms with Crippen LogP contribution in [0.3, 0.4) is 0 Å². The summed E-state index contributed by atoms with van der Waals surface area (Å²) in [6.07, 6.45) is 5.13. The van der Waals surface area contributed by atoms with Gasteiger partial charge in [-0.1, -0.05) is 31.2 Å². The molecule has 0 aliphatic carbocycles. The molecule has 27 heavy (non-hydrogen) atoms. The maximum absolute atomic E-state index is 12.8.